The highest BCUT2D eigenvalue weighted by Crippen LogP contribution is 2.33. The molecule has 2 aromatic heterocycles. The highest BCUT2D eigenvalue weighted by molar-refractivity contribution is 5.94. The van der Waals surface area contributed by atoms with Crippen molar-refractivity contribution >= 4 is 28.2 Å². The molecule has 3 heterocycles. The third-order valence-corrected chi connectivity index (χ3v) is 5.99. The predicted molar refractivity (Wildman–Crippen MR) is 119 cm³/mol. The van der Waals surface area contributed by atoms with E-state index in [4.69, 9.17) is 4.74 Å². The maximum atomic E-state index is 14.8. The van der Waals surface area contributed by atoms with Gasteiger partial charge in [-0.25, -0.2) is 13.2 Å². The second kappa shape index (κ2) is 8.51. The maximum Gasteiger partial charge on any atom is 0.266 e. The summed E-state index contributed by atoms with van der Waals surface area (Å²) in [5.41, 5.74) is 1.39. The summed E-state index contributed by atoms with van der Waals surface area (Å²) in [5.74, 6) is 0.659. The number of aromatic nitrogens is 4. The van der Waals surface area contributed by atoms with Crippen LogP contribution in [0.3, 0.4) is 0 Å². The standard InChI is InChI=1S/C23H23F3N6O/c1-13(16-4-3-5-17(20(16)24)21(25)26)27-22-18-12-15(31-8-10-33-11-9-31)6-7-19(18)32-14(2)29-30-23(32)28-22/h3-7,12-13,21H,8-11H2,1-2H3,(H,27,28,30). The van der Waals surface area contributed by atoms with Crippen molar-refractivity contribution < 1.29 is 17.9 Å². The highest BCUT2D eigenvalue weighted by Gasteiger charge is 2.22. The number of fused-ring (bicyclic) bond motifs is 3. The molecule has 1 atom stereocenters. The zero-order valence-electron chi connectivity index (χ0n) is 18.2. The lowest BCUT2D eigenvalue weighted by Gasteiger charge is -2.29. The minimum Gasteiger partial charge on any atom is -0.378 e. The van der Waals surface area contributed by atoms with Crippen molar-refractivity contribution in [2.45, 2.75) is 26.3 Å². The number of hydrogen-bond donors (Lipinski definition) is 1. The van der Waals surface area contributed by atoms with Crippen LogP contribution in [0.15, 0.2) is 36.4 Å². The number of nitrogens with one attached hydrogen (secondary N) is 1. The van der Waals surface area contributed by atoms with Crippen LogP contribution in [0, 0.1) is 12.7 Å². The molecular formula is C23H23F3N6O. The summed E-state index contributed by atoms with van der Waals surface area (Å²) in [7, 11) is 0. The van der Waals surface area contributed by atoms with E-state index >= 15 is 0 Å². The lowest BCUT2D eigenvalue weighted by atomic mass is 10.0. The van der Waals surface area contributed by atoms with Crippen molar-refractivity contribution in [3.05, 3.63) is 59.2 Å². The lowest BCUT2D eigenvalue weighted by Crippen LogP contribution is -2.36. The molecule has 1 fully saturated rings. The summed E-state index contributed by atoms with van der Waals surface area (Å²) in [6.07, 6.45) is -2.89. The monoisotopic (exact) mass is 456 g/mol. The molecule has 0 amide bonds. The van der Waals surface area contributed by atoms with Crippen LogP contribution in [-0.4, -0.2) is 45.9 Å². The topological polar surface area (TPSA) is 67.6 Å². The third-order valence-electron chi connectivity index (χ3n) is 5.99. The van der Waals surface area contributed by atoms with Gasteiger partial charge in [-0.3, -0.25) is 4.40 Å². The van der Waals surface area contributed by atoms with Gasteiger partial charge in [0.05, 0.1) is 30.3 Å². The zero-order valence-corrected chi connectivity index (χ0v) is 18.2. The summed E-state index contributed by atoms with van der Waals surface area (Å²) < 4.78 is 48.5. The summed E-state index contributed by atoms with van der Waals surface area (Å²) in [6.45, 7) is 6.42. The normalized spacial score (nSPS) is 15.5. The predicted octanol–water partition coefficient (Wildman–Crippen LogP) is 4.67. The number of morpholine rings is 1. The summed E-state index contributed by atoms with van der Waals surface area (Å²) in [4.78, 5) is 6.85. The van der Waals surface area contributed by atoms with Gasteiger partial charge in [0.25, 0.3) is 12.2 Å². The molecule has 1 unspecified atom stereocenters. The summed E-state index contributed by atoms with van der Waals surface area (Å²) in [6, 6.07) is 9.46. The van der Waals surface area contributed by atoms with Gasteiger partial charge in [-0.2, -0.15) is 4.98 Å². The molecule has 1 aliphatic rings. The maximum absolute atomic E-state index is 14.8. The first-order chi connectivity index (χ1) is 15.9. The van der Waals surface area contributed by atoms with Gasteiger partial charge in [0, 0.05) is 29.7 Å². The molecular weight excluding hydrogens is 433 g/mol. The SMILES string of the molecule is Cc1nnc2nc(NC(C)c3cccc(C(F)F)c3F)c3cc(N4CCOCC4)ccc3n12. The number of benzene rings is 2. The Balaban J connectivity index is 1.61. The molecule has 1 saturated heterocycles. The van der Waals surface area contributed by atoms with Gasteiger partial charge < -0.3 is 15.0 Å². The molecule has 0 radical (unpaired) electrons. The Morgan fingerprint density at radius 1 is 1.06 bits per heavy atom. The molecule has 10 heteroatoms. The van der Waals surface area contributed by atoms with Crippen molar-refractivity contribution in [2.24, 2.45) is 0 Å². The van der Waals surface area contributed by atoms with E-state index < -0.39 is 23.8 Å². The van der Waals surface area contributed by atoms with E-state index in [0.717, 1.165) is 35.7 Å². The fourth-order valence-electron chi connectivity index (χ4n) is 4.26. The molecule has 0 bridgehead atoms. The first-order valence-corrected chi connectivity index (χ1v) is 10.7. The number of nitrogens with zero attached hydrogens (tertiary/aromatic N) is 5. The number of alkyl halides is 2. The molecule has 2 aromatic carbocycles. The molecule has 5 rings (SSSR count). The van der Waals surface area contributed by atoms with E-state index in [1.165, 1.54) is 12.1 Å². The third kappa shape index (κ3) is 3.84. The first-order valence-electron chi connectivity index (χ1n) is 10.7. The Morgan fingerprint density at radius 3 is 2.58 bits per heavy atom. The lowest BCUT2D eigenvalue weighted by molar-refractivity contribution is 0.122. The van der Waals surface area contributed by atoms with Gasteiger partial charge in [-0.15, -0.1) is 10.2 Å². The van der Waals surface area contributed by atoms with Gasteiger partial charge in [0.15, 0.2) is 0 Å². The quantitative estimate of drug-likeness (QED) is 0.471. The van der Waals surface area contributed by atoms with Gasteiger partial charge in [-0.1, -0.05) is 18.2 Å². The van der Waals surface area contributed by atoms with Crippen molar-refractivity contribution in [3.63, 3.8) is 0 Å². The molecule has 4 aromatic rings. The van der Waals surface area contributed by atoms with E-state index in [1.54, 1.807) is 6.92 Å². The van der Waals surface area contributed by atoms with Crippen molar-refractivity contribution in [1.29, 1.82) is 0 Å². The minimum absolute atomic E-state index is 0.143. The van der Waals surface area contributed by atoms with Crippen LogP contribution in [-0.2, 0) is 4.74 Å². The van der Waals surface area contributed by atoms with Gasteiger partial charge in [0.1, 0.15) is 17.5 Å². The number of hydrogen-bond acceptors (Lipinski definition) is 6. The Morgan fingerprint density at radius 2 is 1.82 bits per heavy atom. The average Bonchev–Trinajstić information content (AvgIpc) is 3.19. The molecule has 0 aliphatic carbocycles. The Labute approximate surface area is 188 Å². The van der Waals surface area contributed by atoms with E-state index in [0.29, 0.717) is 30.6 Å². The van der Waals surface area contributed by atoms with Crippen LogP contribution in [0.2, 0.25) is 0 Å². The second-order valence-electron chi connectivity index (χ2n) is 8.06. The number of halogens is 3. The van der Waals surface area contributed by atoms with Gasteiger partial charge >= 0.3 is 0 Å². The fraction of sp³-hybridized carbons (Fsp3) is 0.348. The van der Waals surface area contributed by atoms with E-state index in [9.17, 15) is 13.2 Å². The highest BCUT2D eigenvalue weighted by atomic mass is 19.3. The van der Waals surface area contributed by atoms with Crippen LogP contribution in [0.4, 0.5) is 24.7 Å². The van der Waals surface area contributed by atoms with E-state index in [-0.39, 0.29) is 5.56 Å². The van der Waals surface area contributed by atoms with Crippen LogP contribution < -0.4 is 10.2 Å². The second-order valence-corrected chi connectivity index (χ2v) is 8.06. The minimum atomic E-state index is -2.89. The number of aryl methyl sites for hydroxylation is 1. The Bertz CT molecular complexity index is 1320. The Kier molecular flexibility index (Phi) is 5.53. The van der Waals surface area contributed by atoms with Crippen LogP contribution in [0.25, 0.3) is 16.7 Å². The summed E-state index contributed by atoms with van der Waals surface area (Å²) in [5, 5.41) is 12.3. The van der Waals surface area contributed by atoms with Crippen molar-refractivity contribution in [3.8, 4) is 0 Å². The largest absolute Gasteiger partial charge is 0.378 e. The molecule has 0 saturated carbocycles. The summed E-state index contributed by atoms with van der Waals surface area (Å²) >= 11 is 0. The van der Waals surface area contributed by atoms with Crippen LogP contribution in [0.5, 0.6) is 0 Å². The van der Waals surface area contributed by atoms with Gasteiger partial charge in [-0.05, 0) is 32.0 Å². The average molecular weight is 456 g/mol. The number of ether oxygens (including phenoxy) is 1. The van der Waals surface area contributed by atoms with E-state index in [2.05, 4.69) is 25.4 Å². The molecule has 172 valence electrons. The molecule has 1 N–H and O–H groups in total. The number of rotatable bonds is 5. The Hall–Kier alpha value is -3.40. The van der Waals surface area contributed by atoms with Crippen molar-refractivity contribution in [2.75, 3.05) is 36.5 Å². The molecule has 33 heavy (non-hydrogen) atoms. The fourth-order valence-corrected chi connectivity index (χ4v) is 4.26. The molecule has 1 aliphatic heterocycles. The number of anilines is 2. The van der Waals surface area contributed by atoms with E-state index in [1.807, 2.05) is 29.5 Å². The smallest absolute Gasteiger partial charge is 0.266 e. The molecule has 7 nitrogen and oxygen atoms in total. The molecule has 0 spiro atoms. The van der Waals surface area contributed by atoms with Crippen LogP contribution >= 0.6 is 0 Å². The first kappa shape index (κ1) is 21.4. The van der Waals surface area contributed by atoms with Gasteiger partial charge in [0.2, 0.25) is 0 Å². The van der Waals surface area contributed by atoms with Crippen molar-refractivity contribution in [1.82, 2.24) is 19.6 Å². The van der Waals surface area contributed by atoms with Crippen LogP contribution in [0.1, 0.15) is 36.3 Å². The zero-order chi connectivity index (χ0) is 23.1.